The van der Waals surface area contributed by atoms with Crippen molar-refractivity contribution in [3.8, 4) is 17.4 Å². The molecule has 4 nitrogen and oxygen atoms in total. The third-order valence-electron chi connectivity index (χ3n) is 3.71. The maximum atomic E-state index is 12.2. The van der Waals surface area contributed by atoms with Gasteiger partial charge in [0.05, 0.1) is 0 Å². The molecule has 0 saturated heterocycles. The Balaban J connectivity index is 1.74. The van der Waals surface area contributed by atoms with Gasteiger partial charge < -0.3 is 9.73 Å². The standard InChI is InChI=1S/C21H15BrN2O2/c22-19-9-5-4-8-18(19)20-11-10-17(26-20)12-16(13-23)21(25)24-14-15-6-2-1-3-7-15/h1-12H,14H2,(H,24,25). The molecule has 1 amide bonds. The summed E-state index contributed by atoms with van der Waals surface area (Å²) in [6.45, 7) is 0.360. The molecule has 3 rings (SSSR count). The van der Waals surface area contributed by atoms with Crippen LogP contribution in [0.5, 0.6) is 0 Å². The summed E-state index contributed by atoms with van der Waals surface area (Å²) in [5.74, 6) is 0.670. The Labute approximate surface area is 159 Å². The van der Waals surface area contributed by atoms with Crippen molar-refractivity contribution in [3.05, 3.63) is 88.1 Å². The zero-order chi connectivity index (χ0) is 18.4. The van der Waals surface area contributed by atoms with Gasteiger partial charge in [-0.3, -0.25) is 4.79 Å². The number of carbonyl (C=O) groups excluding carboxylic acids is 1. The number of nitrogens with zero attached hydrogens (tertiary/aromatic N) is 1. The first-order valence-corrected chi connectivity index (χ1v) is 8.75. The summed E-state index contributed by atoms with van der Waals surface area (Å²) in [6.07, 6.45) is 1.45. The lowest BCUT2D eigenvalue weighted by atomic mass is 10.2. The van der Waals surface area contributed by atoms with E-state index in [-0.39, 0.29) is 5.57 Å². The number of carbonyl (C=O) groups is 1. The number of hydrogen-bond acceptors (Lipinski definition) is 3. The molecule has 2 aromatic carbocycles. The van der Waals surface area contributed by atoms with E-state index in [0.717, 1.165) is 15.6 Å². The average Bonchev–Trinajstić information content (AvgIpc) is 3.13. The van der Waals surface area contributed by atoms with E-state index in [2.05, 4.69) is 21.2 Å². The Morgan fingerprint density at radius 2 is 1.81 bits per heavy atom. The molecule has 1 aromatic heterocycles. The second kappa shape index (κ2) is 8.32. The van der Waals surface area contributed by atoms with E-state index < -0.39 is 5.91 Å². The number of halogens is 1. The zero-order valence-corrected chi connectivity index (χ0v) is 15.4. The molecule has 1 heterocycles. The molecule has 3 aromatic rings. The van der Waals surface area contributed by atoms with Crippen molar-refractivity contribution in [1.29, 1.82) is 5.26 Å². The molecule has 0 aliphatic rings. The molecule has 0 radical (unpaired) electrons. The Bertz CT molecular complexity index is 985. The SMILES string of the molecule is N#CC(=Cc1ccc(-c2ccccc2Br)o1)C(=O)NCc1ccccc1. The first-order valence-electron chi connectivity index (χ1n) is 7.96. The van der Waals surface area contributed by atoms with Crippen LogP contribution in [0.3, 0.4) is 0 Å². The van der Waals surface area contributed by atoms with Crippen LogP contribution < -0.4 is 5.32 Å². The van der Waals surface area contributed by atoms with Crippen molar-refractivity contribution in [2.24, 2.45) is 0 Å². The fraction of sp³-hybridized carbons (Fsp3) is 0.0476. The van der Waals surface area contributed by atoms with E-state index in [1.165, 1.54) is 6.08 Å². The predicted octanol–water partition coefficient (Wildman–Crippen LogP) is 4.93. The lowest BCUT2D eigenvalue weighted by Gasteiger charge is -2.04. The third-order valence-corrected chi connectivity index (χ3v) is 4.41. The summed E-state index contributed by atoms with van der Waals surface area (Å²) in [5, 5.41) is 12.0. The molecule has 0 atom stereocenters. The van der Waals surface area contributed by atoms with Crippen LogP contribution >= 0.6 is 15.9 Å². The van der Waals surface area contributed by atoms with Gasteiger partial charge in [-0.15, -0.1) is 0 Å². The van der Waals surface area contributed by atoms with E-state index in [4.69, 9.17) is 4.42 Å². The normalized spacial score (nSPS) is 11.0. The van der Waals surface area contributed by atoms with Crippen molar-refractivity contribution >= 4 is 27.9 Å². The zero-order valence-electron chi connectivity index (χ0n) is 13.8. The highest BCUT2D eigenvalue weighted by atomic mass is 79.9. The quantitative estimate of drug-likeness (QED) is 0.482. The molecule has 0 fully saturated rings. The summed E-state index contributed by atoms with van der Waals surface area (Å²) in [7, 11) is 0. The Hall–Kier alpha value is -3.10. The van der Waals surface area contributed by atoms with Gasteiger partial charge in [0, 0.05) is 22.7 Å². The van der Waals surface area contributed by atoms with Crippen LogP contribution in [0.4, 0.5) is 0 Å². The molecule has 0 aliphatic heterocycles. The highest BCUT2D eigenvalue weighted by Gasteiger charge is 2.11. The summed E-state index contributed by atoms with van der Waals surface area (Å²) < 4.78 is 6.67. The maximum absolute atomic E-state index is 12.2. The van der Waals surface area contributed by atoms with E-state index in [1.54, 1.807) is 6.07 Å². The minimum atomic E-state index is -0.435. The van der Waals surface area contributed by atoms with E-state index in [1.807, 2.05) is 66.7 Å². The minimum absolute atomic E-state index is 0.00559. The lowest BCUT2D eigenvalue weighted by molar-refractivity contribution is -0.117. The molecule has 0 saturated carbocycles. The molecule has 26 heavy (non-hydrogen) atoms. The Kier molecular flexibility index (Phi) is 5.67. The largest absolute Gasteiger partial charge is 0.457 e. The van der Waals surface area contributed by atoms with Gasteiger partial charge in [0.15, 0.2) is 0 Å². The van der Waals surface area contributed by atoms with Crippen molar-refractivity contribution in [2.75, 3.05) is 0 Å². The molecule has 0 spiro atoms. The fourth-order valence-electron chi connectivity index (χ4n) is 2.40. The van der Waals surface area contributed by atoms with Gasteiger partial charge >= 0.3 is 0 Å². The minimum Gasteiger partial charge on any atom is -0.457 e. The van der Waals surface area contributed by atoms with Crippen molar-refractivity contribution in [3.63, 3.8) is 0 Å². The number of nitriles is 1. The number of amides is 1. The number of furan rings is 1. The molecular formula is C21H15BrN2O2. The molecule has 1 N–H and O–H groups in total. The van der Waals surface area contributed by atoms with Gasteiger partial charge in [-0.2, -0.15) is 5.26 Å². The summed E-state index contributed by atoms with van der Waals surface area (Å²) in [6, 6.07) is 22.7. The number of nitrogens with one attached hydrogen (secondary N) is 1. The van der Waals surface area contributed by atoms with Crippen LogP contribution in [-0.4, -0.2) is 5.91 Å². The van der Waals surface area contributed by atoms with Gasteiger partial charge in [-0.05, 0) is 23.8 Å². The highest BCUT2D eigenvalue weighted by molar-refractivity contribution is 9.10. The lowest BCUT2D eigenvalue weighted by Crippen LogP contribution is -2.23. The molecule has 5 heteroatoms. The first-order chi connectivity index (χ1) is 12.7. The number of benzene rings is 2. The third kappa shape index (κ3) is 4.29. The van der Waals surface area contributed by atoms with Gasteiger partial charge in [-0.25, -0.2) is 0 Å². The maximum Gasteiger partial charge on any atom is 0.262 e. The molecule has 0 bridgehead atoms. The van der Waals surface area contributed by atoms with Crippen LogP contribution in [0, 0.1) is 11.3 Å². The van der Waals surface area contributed by atoms with Crippen molar-refractivity contribution in [2.45, 2.75) is 6.54 Å². The summed E-state index contributed by atoms with van der Waals surface area (Å²) in [4.78, 5) is 12.2. The highest BCUT2D eigenvalue weighted by Crippen LogP contribution is 2.29. The predicted molar refractivity (Wildman–Crippen MR) is 104 cm³/mol. The number of hydrogen-bond donors (Lipinski definition) is 1. The van der Waals surface area contributed by atoms with Crippen molar-refractivity contribution in [1.82, 2.24) is 5.32 Å². The second-order valence-corrected chi connectivity index (χ2v) is 6.37. The molecule has 0 aliphatic carbocycles. The van der Waals surface area contributed by atoms with E-state index in [0.29, 0.717) is 18.1 Å². The van der Waals surface area contributed by atoms with Crippen LogP contribution in [0.15, 0.2) is 81.2 Å². The summed E-state index contributed by atoms with van der Waals surface area (Å²) in [5.41, 5.74) is 1.86. The smallest absolute Gasteiger partial charge is 0.262 e. The Morgan fingerprint density at radius 1 is 1.08 bits per heavy atom. The fourth-order valence-corrected chi connectivity index (χ4v) is 2.88. The number of rotatable bonds is 5. The van der Waals surface area contributed by atoms with Crippen LogP contribution in [-0.2, 0) is 11.3 Å². The Morgan fingerprint density at radius 3 is 2.54 bits per heavy atom. The monoisotopic (exact) mass is 406 g/mol. The van der Waals surface area contributed by atoms with Crippen LogP contribution in [0.1, 0.15) is 11.3 Å². The topological polar surface area (TPSA) is 66.0 Å². The molecule has 128 valence electrons. The molecule has 0 unspecified atom stereocenters. The van der Waals surface area contributed by atoms with Gasteiger partial charge in [-0.1, -0.05) is 64.5 Å². The van der Waals surface area contributed by atoms with Gasteiger partial charge in [0.2, 0.25) is 0 Å². The van der Waals surface area contributed by atoms with Crippen LogP contribution in [0.25, 0.3) is 17.4 Å². The summed E-state index contributed by atoms with van der Waals surface area (Å²) >= 11 is 3.48. The van der Waals surface area contributed by atoms with E-state index >= 15 is 0 Å². The van der Waals surface area contributed by atoms with Gasteiger partial charge in [0.25, 0.3) is 5.91 Å². The average molecular weight is 407 g/mol. The van der Waals surface area contributed by atoms with Crippen molar-refractivity contribution < 1.29 is 9.21 Å². The van der Waals surface area contributed by atoms with Crippen LogP contribution in [0.2, 0.25) is 0 Å². The van der Waals surface area contributed by atoms with E-state index in [9.17, 15) is 10.1 Å². The first kappa shape index (κ1) is 17.7. The van der Waals surface area contributed by atoms with Gasteiger partial charge in [0.1, 0.15) is 23.2 Å². The second-order valence-electron chi connectivity index (χ2n) is 5.52. The molecular weight excluding hydrogens is 392 g/mol.